The number of ether oxygens (including phenoxy) is 1. The number of aromatic nitrogens is 5. The van der Waals surface area contributed by atoms with E-state index in [1.807, 2.05) is 25.1 Å². The van der Waals surface area contributed by atoms with E-state index in [4.69, 9.17) is 4.74 Å². The molecule has 1 fully saturated rings. The van der Waals surface area contributed by atoms with E-state index in [1.165, 1.54) is 12.4 Å². The number of pyridine rings is 2. The predicted octanol–water partition coefficient (Wildman–Crippen LogP) is 4.56. The van der Waals surface area contributed by atoms with E-state index in [0.29, 0.717) is 11.4 Å². The minimum absolute atomic E-state index is 0.122. The van der Waals surface area contributed by atoms with Crippen molar-refractivity contribution in [1.29, 1.82) is 5.26 Å². The highest BCUT2D eigenvalue weighted by atomic mass is 19.4. The fraction of sp³-hybridized carbons (Fsp3) is 0.320. The Morgan fingerprint density at radius 1 is 1.22 bits per heavy atom. The Balaban J connectivity index is 1.38. The SMILES string of the molecule is C[C@H](Nc1ncc(C#N)c(-c2c[nH]c3ncc(C(F)(F)F)cc23)n1)c1ccc(O[C@@H]2CCN(C)C2)nc1. The van der Waals surface area contributed by atoms with Gasteiger partial charge in [0.1, 0.15) is 17.8 Å². The molecule has 0 amide bonds. The van der Waals surface area contributed by atoms with Gasteiger partial charge in [-0.25, -0.2) is 19.9 Å². The van der Waals surface area contributed by atoms with E-state index in [-0.39, 0.29) is 40.4 Å². The summed E-state index contributed by atoms with van der Waals surface area (Å²) in [6.07, 6.45) is 1.82. The second-order valence-corrected chi connectivity index (χ2v) is 8.97. The van der Waals surface area contributed by atoms with Crippen molar-refractivity contribution >= 4 is 17.0 Å². The van der Waals surface area contributed by atoms with Gasteiger partial charge in [0.15, 0.2) is 0 Å². The zero-order valence-corrected chi connectivity index (χ0v) is 20.0. The first-order valence-electron chi connectivity index (χ1n) is 11.6. The van der Waals surface area contributed by atoms with Gasteiger partial charge >= 0.3 is 6.18 Å². The Morgan fingerprint density at radius 2 is 2.05 bits per heavy atom. The van der Waals surface area contributed by atoms with Gasteiger partial charge in [-0.1, -0.05) is 6.07 Å². The van der Waals surface area contributed by atoms with Crippen molar-refractivity contribution in [3.8, 4) is 23.2 Å². The fourth-order valence-electron chi connectivity index (χ4n) is 4.25. The molecule has 1 aliphatic rings. The molecule has 0 bridgehead atoms. The molecule has 1 aliphatic heterocycles. The number of rotatable bonds is 6. The highest BCUT2D eigenvalue weighted by Crippen LogP contribution is 2.35. The average molecular weight is 509 g/mol. The van der Waals surface area contributed by atoms with Crippen molar-refractivity contribution in [2.45, 2.75) is 31.7 Å². The molecular weight excluding hydrogens is 485 g/mol. The summed E-state index contributed by atoms with van der Waals surface area (Å²) in [6.45, 7) is 3.76. The first kappa shape index (κ1) is 24.5. The molecule has 5 rings (SSSR count). The number of anilines is 1. The van der Waals surface area contributed by atoms with Crippen LogP contribution in [0.15, 0.2) is 43.0 Å². The number of likely N-dealkylation sites (N-methyl/N-ethyl adjacent to an activating group) is 1. The Morgan fingerprint density at radius 3 is 2.73 bits per heavy atom. The fourth-order valence-corrected chi connectivity index (χ4v) is 4.25. The molecule has 0 spiro atoms. The van der Waals surface area contributed by atoms with Crippen LogP contribution in [0.3, 0.4) is 0 Å². The molecule has 2 N–H and O–H groups in total. The molecule has 0 radical (unpaired) electrons. The summed E-state index contributed by atoms with van der Waals surface area (Å²) in [5.74, 6) is 0.768. The lowest BCUT2D eigenvalue weighted by Gasteiger charge is -2.16. The van der Waals surface area contributed by atoms with Crippen molar-refractivity contribution in [2.75, 3.05) is 25.5 Å². The second kappa shape index (κ2) is 9.67. The second-order valence-electron chi connectivity index (χ2n) is 8.97. The van der Waals surface area contributed by atoms with E-state index in [9.17, 15) is 18.4 Å². The molecule has 4 aromatic rings. The van der Waals surface area contributed by atoms with Gasteiger partial charge in [0.2, 0.25) is 11.8 Å². The predicted molar refractivity (Wildman–Crippen MR) is 130 cm³/mol. The van der Waals surface area contributed by atoms with E-state index >= 15 is 0 Å². The summed E-state index contributed by atoms with van der Waals surface area (Å²) in [4.78, 5) is 22.0. The summed E-state index contributed by atoms with van der Waals surface area (Å²) < 4.78 is 45.7. The van der Waals surface area contributed by atoms with Gasteiger partial charge in [-0.15, -0.1) is 0 Å². The van der Waals surface area contributed by atoms with Crippen LogP contribution in [0, 0.1) is 11.3 Å². The molecule has 1 saturated heterocycles. The van der Waals surface area contributed by atoms with Crippen LogP contribution in [0.2, 0.25) is 0 Å². The lowest BCUT2D eigenvalue weighted by atomic mass is 10.1. The van der Waals surface area contributed by atoms with Gasteiger partial charge in [0.25, 0.3) is 0 Å². The molecule has 9 nitrogen and oxygen atoms in total. The number of hydrogen-bond donors (Lipinski definition) is 2. The summed E-state index contributed by atoms with van der Waals surface area (Å²) in [7, 11) is 2.05. The molecule has 190 valence electrons. The van der Waals surface area contributed by atoms with Crippen molar-refractivity contribution in [1.82, 2.24) is 29.8 Å². The van der Waals surface area contributed by atoms with E-state index in [0.717, 1.165) is 37.3 Å². The molecule has 37 heavy (non-hydrogen) atoms. The minimum Gasteiger partial charge on any atom is -0.473 e. The maximum Gasteiger partial charge on any atom is 0.417 e. The molecule has 2 atom stereocenters. The molecule has 0 aromatic carbocycles. The quantitative estimate of drug-likeness (QED) is 0.390. The zero-order valence-electron chi connectivity index (χ0n) is 20.0. The highest BCUT2D eigenvalue weighted by molar-refractivity contribution is 5.94. The third-order valence-electron chi connectivity index (χ3n) is 6.26. The zero-order chi connectivity index (χ0) is 26.2. The number of nitrogens with zero attached hydrogens (tertiary/aromatic N) is 6. The Kier molecular flexibility index (Phi) is 6.39. The highest BCUT2D eigenvalue weighted by Gasteiger charge is 2.32. The summed E-state index contributed by atoms with van der Waals surface area (Å²) >= 11 is 0. The monoisotopic (exact) mass is 508 g/mol. The van der Waals surface area contributed by atoms with Crippen molar-refractivity contribution in [3.05, 3.63) is 59.7 Å². The normalized spacial score (nSPS) is 17.0. The molecule has 4 aromatic heterocycles. The molecule has 5 heterocycles. The number of nitrogens with one attached hydrogen (secondary N) is 2. The van der Waals surface area contributed by atoms with Crippen LogP contribution < -0.4 is 10.1 Å². The van der Waals surface area contributed by atoms with Crippen LogP contribution in [0.5, 0.6) is 5.88 Å². The van der Waals surface area contributed by atoms with E-state index in [2.05, 4.69) is 42.2 Å². The number of H-pyrrole nitrogens is 1. The summed E-state index contributed by atoms with van der Waals surface area (Å²) in [5, 5.41) is 13.0. The van der Waals surface area contributed by atoms with Crippen LogP contribution in [-0.4, -0.2) is 56.1 Å². The summed E-state index contributed by atoms with van der Waals surface area (Å²) in [5.41, 5.74) is 0.868. The van der Waals surface area contributed by atoms with Crippen LogP contribution in [0.25, 0.3) is 22.3 Å². The van der Waals surface area contributed by atoms with Gasteiger partial charge in [0.05, 0.1) is 29.1 Å². The van der Waals surface area contributed by atoms with Gasteiger partial charge in [-0.3, -0.25) is 0 Å². The van der Waals surface area contributed by atoms with Crippen LogP contribution in [0.4, 0.5) is 19.1 Å². The van der Waals surface area contributed by atoms with Crippen LogP contribution >= 0.6 is 0 Å². The number of alkyl halides is 3. The number of aromatic amines is 1. The maximum atomic E-state index is 13.3. The Labute approximate surface area is 210 Å². The number of halogens is 3. The van der Waals surface area contributed by atoms with E-state index < -0.39 is 11.7 Å². The van der Waals surface area contributed by atoms with Crippen molar-refractivity contribution < 1.29 is 17.9 Å². The molecular formula is C25H23F3N8O. The third kappa shape index (κ3) is 5.17. The smallest absolute Gasteiger partial charge is 0.417 e. The topological polar surface area (TPSA) is 116 Å². The molecule has 0 saturated carbocycles. The van der Waals surface area contributed by atoms with Gasteiger partial charge in [0, 0.05) is 48.7 Å². The van der Waals surface area contributed by atoms with Crippen LogP contribution in [-0.2, 0) is 6.18 Å². The number of likely N-dealkylation sites (tertiary alicyclic amines) is 1. The van der Waals surface area contributed by atoms with Gasteiger partial charge in [-0.05, 0) is 32.0 Å². The third-order valence-corrected chi connectivity index (χ3v) is 6.26. The molecule has 0 unspecified atom stereocenters. The average Bonchev–Trinajstić information content (AvgIpc) is 3.49. The number of fused-ring (bicyclic) bond motifs is 1. The van der Waals surface area contributed by atoms with E-state index in [1.54, 1.807) is 6.20 Å². The maximum absolute atomic E-state index is 13.3. The van der Waals surface area contributed by atoms with Crippen molar-refractivity contribution in [2.24, 2.45) is 0 Å². The molecule has 12 heteroatoms. The largest absolute Gasteiger partial charge is 0.473 e. The van der Waals surface area contributed by atoms with Crippen LogP contribution in [0.1, 0.15) is 36.1 Å². The lowest BCUT2D eigenvalue weighted by molar-refractivity contribution is -0.137. The van der Waals surface area contributed by atoms with Gasteiger partial charge in [-0.2, -0.15) is 18.4 Å². The number of hydrogen-bond acceptors (Lipinski definition) is 8. The lowest BCUT2D eigenvalue weighted by Crippen LogP contribution is -2.21. The van der Waals surface area contributed by atoms with Gasteiger partial charge < -0.3 is 19.9 Å². The standard InChI is InChI=1S/C25H23F3N8O/c1-14(15-3-4-21(30-9-15)37-18-5-6-36(2)13-18)34-24-33-10-16(8-29)22(35-24)20-12-32-23-19(20)7-17(11-31-23)25(26,27)28/h3-4,7,9-12,14,18H,5-6,13H2,1-2H3,(H,31,32)(H,33,34,35)/t14-,18+/m0/s1. The summed E-state index contributed by atoms with van der Waals surface area (Å²) in [6, 6.07) is 6.46. The Hall–Kier alpha value is -4.24. The first-order chi connectivity index (χ1) is 17.7. The minimum atomic E-state index is -4.55. The van der Waals surface area contributed by atoms with Crippen molar-refractivity contribution in [3.63, 3.8) is 0 Å². The number of nitriles is 1. The Bertz CT molecular complexity index is 1460. The molecule has 0 aliphatic carbocycles. The first-order valence-corrected chi connectivity index (χ1v) is 11.6.